The van der Waals surface area contributed by atoms with Gasteiger partial charge in [0.15, 0.2) is 0 Å². The topological polar surface area (TPSA) is 68.5 Å². The van der Waals surface area contributed by atoms with E-state index >= 15 is 0 Å². The third-order valence-corrected chi connectivity index (χ3v) is 3.38. The molecule has 3 rings (SSSR count). The van der Waals surface area contributed by atoms with Crippen molar-refractivity contribution in [2.45, 2.75) is 31.7 Å². The molecule has 1 unspecified atom stereocenters. The van der Waals surface area contributed by atoms with Crippen LogP contribution in [0.4, 0.5) is 0 Å². The summed E-state index contributed by atoms with van der Waals surface area (Å²) in [5, 5.41) is 8.67. The Morgan fingerprint density at radius 2 is 2.33 bits per heavy atom. The lowest BCUT2D eigenvalue weighted by atomic mass is 10.1. The lowest BCUT2D eigenvalue weighted by molar-refractivity contribution is -0.138. The highest BCUT2D eigenvalue weighted by Crippen LogP contribution is 2.74. The van der Waals surface area contributed by atoms with Crippen LogP contribution in [-0.4, -0.2) is 11.9 Å². The monoisotopic (exact) mass is 189 g/mol. The van der Waals surface area contributed by atoms with Gasteiger partial charge < -0.3 is 0 Å². The Labute approximate surface area is 69.8 Å². The third kappa shape index (κ3) is 0.868. The summed E-state index contributed by atoms with van der Waals surface area (Å²) < 4.78 is 25.6. The van der Waals surface area contributed by atoms with Gasteiger partial charge in [0.1, 0.15) is 12.2 Å². The molecule has 66 valence electrons. The van der Waals surface area contributed by atoms with Crippen LogP contribution in [-0.2, 0) is 18.1 Å². The van der Waals surface area contributed by atoms with Gasteiger partial charge in [-0.2, -0.15) is 5.26 Å². The zero-order valence-electron chi connectivity index (χ0n) is 6.52. The third-order valence-electron chi connectivity index (χ3n) is 1.88. The van der Waals surface area contributed by atoms with Crippen molar-refractivity contribution in [3.05, 3.63) is 0 Å². The van der Waals surface area contributed by atoms with Crippen LogP contribution in [0.5, 0.6) is 0 Å². The number of fused-ring (bicyclic) bond motifs is 1. The van der Waals surface area contributed by atoms with Gasteiger partial charge in [0.05, 0.1) is 0 Å². The number of phosphoric acid groups is 1. The highest BCUT2D eigenvalue weighted by Gasteiger charge is 2.71. The predicted molar refractivity (Wildman–Crippen MR) is 37.9 cm³/mol. The minimum absolute atomic E-state index is 0.488. The molecule has 3 heterocycles. The van der Waals surface area contributed by atoms with Gasteiger partial charge in [-0.15, -0.1) is 0 Å². The van der Waals surface area contributed by atoms with Gasteiger partial charge >= 0.3 is 13.6 Å². The standard InChI is InChI=1S/C6H8NO4P/c1-2-3-5-6(4-7)10-12(8,9-5)11-6/h5H,2-3H2,1H3. The highest BCUT2D eigenvalue weighted by atomic mass is 31.2. The van der Waals surface area contributed by atoms with Gasteiger partial charge in [-0.05, 0) is 6.42 Å². The second kappa shape index (κ2) is 2.30. The molecule has 0 aliphatic carbocycles. The van der Waals surface area contributed by atoms with E-state index in [1.54, 1.807) is 0 Å². The summed E-state index contributed by atoms with van der Waals surface area (Å²) in [7, 11) is -3.29. The fraction of sp³-hybridized carbons (Fsp3) is 0.833. The average Bonchev–Trinajstić information content (AvgIpc) is 2.38. The molecule has 3 saturated heterocycles. The maximum absolute atomic E-state index is 11.1. The number of phosphoric ester groups is 1. The second-order valence-electron chi connectivity index (χ2n) is 2.79. The quantitative estimate of drug-likeness (QED) is 0.616. The highest BCUT2D eigenvalue weighted by molar-refractivity contribution is 7.50. The Morgan fingerprint density at radius 3 is 2.83 bits per heavy atom. The van der Waals surface area contributed by atoms with Crippen LogP contribution in [0.1, 0.15) is 19.8 Å². The van der Waals surface area contributed by atoms with Crippen LogP contribution in [0.15, 0.2) is 0 Å². The van der Waals surface area contributed by atoms with Crippen molar-refractivity contribution < 1.29 is 18.1 Å². The summed E-state index contributed by atoms with van der Waals surface area (Å²) >= 11 is 0. The van der Waals surface area contributed by atoms with Crippen molar-refractivity contribution in [3.8, 4) is 6.07 Å². The van der Waals surface area contributed by atoms with Gasteiger partial charge in [-0.3, -0.25) is 4.52 Å². The number of nitriles is 1. The van der Waals surface area contributed by atoms with E-state index < -0.39 is 19.7 Å². The van der Waals surface area contributed by atoms with Crippen molar-refractivity contribution in [1.29, 1.82) is 5.26 Å². The normalized spacial score (nSPS) is 49.8. The van der Waals surface area contributed by atoms with E-state index in [4.69, 9.17) is 18.8 Å². The van der Waals surface area contributed by atoms with E-state index in [2.05, 4.69) is 0 Å². The molecule has 0 saturated carbocycles. The van der Waals surface area contributed by atoms with Crippen LogP contribution in [0.3, 0.4) is 0 Å². The Kier molecular flexibility index (Phi) is 1.57. The summed E-state index contributed by atoms with van der Waals surface area (Å²) in [5.74, 6) is -1.37. The molecule has 6 heteroatoms. The fourth-order valence-electron chi connectivity index (χ4n) is 1.34. The molecular weight excluding hydrogens is 181 g/mol. The van der Waals surface area contributed by atoms with Crippen molar-refractivity contribution in [3.63, 3.8) is 0 Å². The van der Waals surface area contributed by atoms with Crippen molar-refractivity contribution in [1.82, 2.24) is 0 Å². The molecule has 2 bridgehead atoms. The summed E-state index contributed by atoms with van der Waals surface area (Å²) in [4.78, 5) is 0. The van der Waals surface area contributed by atoms with Gasteiger partial charge in [-0.25, -0.2) is 13.6 Å². The lowest BCUT2D eigenvalue weighted by Gasteiger charge is -2.28. The lowest BCUT2D eigenvalue weighted by Crippen LogP contribution is -2.42. The fourth-order valence-corrected chi connectivity index (χ4v) is 2.98. The van der Waals surface area contributed by atoms with E-state index in [1.165, 1.54) is 0 Å². The predicted octanol–water partition coefficient (Wildman–Crippen LogP) is 1.56. The molecule has 0 spiro atoms. The molecule has 3 aliphatic heterocycles. The van der Waals surface area contributed by atoms with E-state index in [-0.39, 0.29) is 0 Å². The molecule has 1 atom stereocenters. The largest absolute Gasteiger partial charge is 0.482 e. The molecule has 12 heavy (non-hydrogen) atoms. The molecule has 5 nitrogen and oxygen atoms in total. The molecule has 0 aromatic heterocycles. The first-order valence-electron chi connectivity index (χ1n) is 3.75. The molecule has 3 aliphatic rings. The van der Waals surface area contributed by atoms with Crippen LogP contribution in [0.2, 0.25) is 0 Å². The summed E-state index contributed by atoms with van der Waals surface area (Å²) in [5.41, 5.74) is 0. The van der Waals surface area contributed by atoms with Crippen LogP contribution in [0, 0.1) is 11.3 Å². The maximum atomic E-state index is 11.1. The molecule has 0 amide bonds. The number of hydrogen-bond donors (Lipinski definition) is 0. The van der Waals surface area contributed by atoms with Crippen LogP contribution in [0.25, 0.3) is 0 Å². The summed E-state index contributed by atoms with van der Waals surface area (Å²) in [6.07, 6.45) is 0.969. The molecule has 3 fully saturated rings. The van der Waals surface area contributed by atoms with Crippen molar-refractivity contribution in [2.24, 2.45) is 0 Å². The average molecular weight is 189 g/mol. The first-order chi connectivity index (χ1) is 5.64. The SMILES string of the molecule is CCCC1OP2(=O)OC1(C#N)O2. The zero-order chi connectivity index (χ0) is 8.82. The smallest absolute Gasteiger partial charge is 0.276 e. The van der Waals surface area contributed by atoms with E-state index in [0.29, 0.717) is 6.42 Å². The van der Waals surface area contributed by atoms with Crippen molar-refractivity contribution in [2.75, 3.05) is 0 Å². The minimum atomic E-state index is -3.29. The van der Waals surface area contributed by atoms with Gasteiger partial charge in [-0.1, -0.05) is 13.3 Å². The number of hydrogen-bond acceptors (Lipinski definition) is 5. The van der Waals surface area contributed by atoms with Crippen molar-refractivity contribution >= 4 is 7.82 Å². The Balaban J connectivity index is 2.19. The van der Waals surface area contributed by atoms with E-state index in [1.807, 2.05) is 13.0 Å². The molecule has 0 aromatic carbocycles. The molecule has 0 aromatic rings. The van der Waals surface area contributed by atoms with Gasteiger partial charge in [0, 0.05) is 0 Å². The second-order valence-corrected chi connectivity index (χ2v) is 4.26. The minimum Gasteiger partial charge on any atom is -0.276 e. The first-order valence-corrected chi connectivity index (χ1v) is 5.21. The number of rotatable bonds is 2. The summed E-state index contributed by atoms with van der Waals surface area (Å²) in [6, 6.07) is 1.82. The van der Waals surface area contributed by atoms with Crippen LogP contribution < -0.4 is 0 Å². The van der Waals surface area contributed by atoms with Gasteiger partial charge in [0.25, 0.3) is 0 Å². The van der Waals surface area contributed by atoms with Crippen LogP contribution >= 0.6 is 7.82 Å². The Bertz CT molecular complexity index is 286. The Hall–Kier alpha value is -0.400. The zero-order valence-corrected chi connectivity index (χ0v) is 7.41. The molecular formula is C6H8NO4P. The summed E-state index contributed by atoms with van der Waals surface area (Å²) in [6.45, 7) is 1.94. The van der Waals surface area contributed by atoms with E-state index in [9.17, 15) is 4.57 Å². The molecule has 0 radical (unpaired) electrons. The maximum Gasteiger partial charge on any atom is 0.482 e. The van der Waals surface area contributed by atoms with Gasteiger partial charge in [0.2, 0.25) is 0 Å². The first kappa shape index (κ1) is 8.21. The number of nitrogens with zero attached hydrogens (tertiary/aromatic N) is 1. The molecule has 0 N–H and O–H groups in total. The Morgan fingerprint density at radius 1 is 1.67 bits per heavy atom. The van der Waals surface area contributed by atoms with E-state index in [0.717, 1.165) is 6.42 Å².